The zero-order valence-electron chi connectivity index (χ0n) is 9.87. The molecule has 0 N–H and O–H groups in total. The number of carbonyl (C=O) groups excluding carboxylic acids is 1. The first-order valence-corrected chi connectivity index (χ1v) is 8.06. The molecule has 0 aliphatic carbocycles. The third kappa shape index (κ3) is 3.31. The first-order chi connectivity index (χ1) is 8.60. The van der Waals surface area contributed by atoms with Crippen LogP contribution in [-0.4, -0.2) is 5.78 Å². The van der Waals surface area contributed by atoms with Gasteiger partial charge in [-0.1, -0.05) is 38.8 Å². The molecule has 0 saturated carbocycles. The predicted molar refractivity (Wildman–Crippen MR) is 83.6 cm³/mol. The number of rotatable bonds is 4. The van der Waals surface area contributed by atoms with Gasteiger partial charge in [0.1, 0.15) is 0 Å². The minimum absolute atomic E-state index is 0.152. The average molecular weight is 388 g/mol. The molecule has 0 radical (unpaired) electrons. The van der Waals surface area contributed by atoms with Gasteiger partial charge in [0.25, 0.3) is 0 Å². The number of ketones is 1. The van der Waals surface area contributed by atoms with Crippen LogP contribution in [-0.2, 0) is 12.8 Å². The van der Waals surface area contributed by atoms with Gasteiger partial charge in [-0.3, -0.25) is 4.79 Å². The second-order valence-electron chi connectivity index (χ2n) is 3.95. The lowest BCUT2D eigenvalue weighted by molar-refractivity contribution is 0.0993. The maximum Gasteiger partial charge on any atom is 0.169 e. The van der Waals surface area contributed by atoms with Crippen molar-refractivity contribution in [3.05, 3.63) is 54.6 Å². The van der Waals surface area contributed by atoms with Crippen LogP contribution in [0.15, 0.2) is 39.3 Å². The summed E-state index contributed by atoms with van der Waals surface area (Å²) in [5.74, 6) is 0.152. The van der Waals surface area contributed by atoms with Gasteiger partial charge in [-0.25, -0.2) is 0 Å². The summed E-state index contributed by atoms with van der Waals surface area (Å²) >= 11 is 8.54. The predicted octanol–water partition coefficient (Wildman–Crippen LogP) is 5.26. The lowest BCUT2D eigenvalue weighted by Gasteiger charge is -2.03. The maximum atomic E-state index is 12.2. The number of hydrogen-bond acceptors (Lipinski definition) is 2. The van der Waals surface area contributed by atoms with Crippen molar-refractivity contribution in [1.29, 1.82) is 0 Å². The van der Waals surface area contributed by atoms with Gasteiger partial charge in [-0.15, -0.1) is 11.3 Å². The zero-order chi connectivity index (χ0) is 13.1. The largest absolute Gasteiger partial charge is 0.294 e. The molecule has 0 bridgehead atoms. The van der Waals surface area contributed by atoms with Crippen molar-refractivity contribution in [2.45, 2.75) is 19.8 Å². The molecule has 0 saturated heterocycles. The van der Waals surface area contributed by atoms with Crippen LogP contribution < -0.4 is 0 Å². The minimum atomic E-state index is 0.152. The fourth-order valence-corrected chi connectivity index (χ4v) is 3.90. The van der Waals surface area contributed by atoms with Crippen LogP contribution in [0.5, 0.6) is 0 Å². The first-order valence-electron chi connectivity index (χ1n) is 5.66. The quantitative estimate of drug-likeness (QED) is 0.653. The van der Waals surface area contributed by atoms with Gasteiger partial charge in [-0.05, 0) is 36.8 Å². The average Bonchev–Trinajstić information content (AvgIpc) is 2.76. The lowest BCUT2D eigenvalue weighted by Crippen LogP contribution is -2.03. The summed E-state index contributed by atoms with van der Waals surface area (Å²) in [6, 6.07) is 9.80. The topological polar surface area (TPSA) is 17.1 Å². The van der Waals surface area contributed by atoms with Crippen molar-refractivity contribution >= 4 is 49.0 Å². The van der Waals surface area contributed by atoms with Crippen molar-refractivity contribution in [3.8, 4) is 0 Å². The zero-order valence-corrected chi connectivity index (χ0v) is 13.9. The lowest BCUT2D eigenvalue weighted by atomic mass is 10.1. The number of carbonyl (C=O) groups is 1. The Morgan fingerprint density at radius 1 is 1.17 bits per heavy atom. The molecule has 1 aromatic carbocycles. The molecule has 0 amide bonds. The summed E-state index contributed by atoms with van der Waals surface area (Å²) in [5.41, 5.74) is 0.740. The molecule has 1 heterocycles. The van der Waals surface area contributed by atoms with Crippen molar-refractivity contribution in [3.63, 3.8) is 0 Å². The van der Waals surface area contributed by atoms with Crippen molar-refractivity contribution in [1.82, 2.24) is 0 Å². The van der Waals surface area contributed by atoms with Crippen LogP contribution in [0.3, 0.4) is 0 Å². The molecule has 0 fully saturated rings. The van der Waals surface area contributed by atoms with Crippen LogP contribution >= 0.6 is 43.2 Å². The van der Waals surface area contributed by atoms with Crippen LogP contribution in [0, 0.1) is 0 Å². The molecule has 2 rings (SSSR count). The Kier molecular flexibility index (Phi) is 4.76. The fraction of sp³-hybridized carbons (Fsp3) is 0.214. The molecular weight excluding hydrogens is 376 g/mol. The van der Waals surface area contributed by atoms with E-state index in [0.717, 1.165) is 25.8 Å². The number of aryl methyl sites for hydroxylation is 1. The van der Waals surface area contributed by atoms with Gasteiger partial charge in [0.15, 0.2) is 5.78 Å². The minimum Gasteiger partial charge on any atom is -0.294 e. The maximum absolute atomic E-state index is 12.2. The third-order valence-electron chi connectivity index (χ3n) is 2.63. The Morgan fingerprint density at radius 2 is 1.89 bits per heavy atom. The van der Waals surface area contributed by atoms with E-state index in [1.807, 2.05) is 24.3 Å². The molecule has 0 aliphatic rings. The smallest absolute Gasteiger partial charge is 0.169 e. The fourth-order valence-electron chi connectivity index (χ4n) is 1.68. The molecule has 2 aromatic rings. The van der Waals surface area contributed by atoms with Crippen molar-refractivity contribution < 1.29 is 4.79 Å². The van der Waals surface area contributed by atoms with E-state index in [4.69, 9.17) is 0 Å². The molecule has 0 unspecified atom stereocenters. The molecule has 1 aromatic heterocycles. The second-order valence-corrected chi connectivity index (χ2v) is 6.97. The normalized spacial score (nSPS) is 10.6. The van der Waals surface area contributed by atoms with E-state index >= 15 is 0 Å². The van der Waals surface area contributed by atoms with Crippen LogP contribution in [0.25, 0.3) is 0 Å². The molecule has 0 aliphatic heterocycles. The SMILES string of the molecule is CCc1ccc(CC(=O)c2ccc(Br)cc2Br)s1. The van der Waals surface area contributed by atoms with Crippen LogP contribution in [0.2, 0.25) is 0 Å². The van der Waals surface area contributed by atoms with Gasteiger partial charge < -0.3 is 0 Å². The Balaban J connectivity index is 2.16. The van der Waals surface area contributed by atoms with E-state index in [-0.39, 0.29) is 5.78 Å². The Bertz CT molecular complexity index is 575. The highest BCUT2D eigenvalue weighted by atomic mass is 79.9. The first kappa shape index (κ1) is 14.0. The number of hydrogen-bond donors (Lipinski definition) is 0. The number of benzene rings is 1. The van der Waals surface area contributed by atoms with Gasteiger partial charge >= 0.3 is 0 Å². The van der Waals surface area contributed by atoms with E-state index in [0.29, 0.717) is 6.42 Å². The molecule has 0 atom stereocenters. The molecule has 94 valence electrons. The number of thiophene rings is 1. The van der Waals surface area contributed by atoms with Crippen molar-refractivity contribution in [2.24, 2.45) is 0 Å². The second kappa shape index (κ2) is 6.13. The van der Waals surface area contributed by atoms with Gasteiger partial charge in [0.05, 0.1) is 0 Å². The number of Topliss-reactive ketones (excluding diaryl/α,β-unsaturated/α-hetero) is 1. The van der Waals surface area contributed by atoms with E-state index in [9.17, 15) is 4.79 Å². The van der Waals surface area contributed by atoms with E-state index < -0.39 is 0 Å². The highest BCUT2D eigenvalue weighted by Crippen LogP contribution is 2.25. The van der Waals surface area contributed by atoms with Crippen LogP contribution in [0.4, 0.5) is 0 Å². The Hall–Kier alpha value is -0.450. The van der Waals surface area contributed by atoms with Gasteiger partial charge in [0.2, 0.25) is 0 Å². The van der Waals surface area contributed by atoms with Gasteiger partial charge in [0, 0.05) is 30.7 Å². The molecular formula is C14H12Br2OS. The van der Waals surface area contributed by atoms with E-state index in [1.165, 1.54) is 4.88 Å². The van der Waals surface area contributed by atoms with Crippen molar-refractivity contribution in [2.75, 3.05) is 0 Å². The standard InChI is InChI=1S/C14H12Br2OS/c1-2-10-4-5-11(18-10)8-14(17)12-6-3-9(15)7-13(12)16/h3-7H,2,8H2,1H3. The highest BCUT2D eigenvalue weighted by Gasteiger charge is 2.12. The molecule has 1 nitrogen and oxygen atoms in total. The summed E-state index contributed by atoms with van der Waals surface area (Å²) in [5, 5.41) is 0. The molecule has 0 spiro atoms. The highest BCUT2D eigenvalue weighted by molar-refractivity contribution is 9.11. The summed E-state index contributed by atoms with van der Waals surface area (Å²) in [6.45, 7) is 2.13. The van der Waals surface area contributed by atoms with E-state index in [1.54, 1.807) is 11.3 Å². The molecule has 18 heavy (non-hydrogen) atoms. The Labute approximate surface area is 127 Å². The van der Waals surface area contributed by atoms with Crippen LogP contribution in [0.1, 0.15) is 27.0 Å². The van der Waals surface area contributed by atoms with E-state index in [2.05, 4.69) is 44.8 Å². The summed E-state index contributed by atoms with van der Waals surface area (Å²) < 4.78 is 1.81. The Morgan fingerprint density at radius 3 is 2.50 bits per heavy atom. The molecule has 4 heteroatoms. The summed E-state index contributed by atoms with van der Waals surface area (Å²) in [4.78, 5) is 14.7. The third-order valence-corrected chi connectivity index (χ3v) is 5.01. The summed E-state index contributed by atoms with van der Waals surface area (Å²) in [7, 11) is 0. The van der Waals surface area contributed by atoms with Gasteiger partial charge in [-0.2, -0.15) is 0 Å². The monoisotopic (exact) mass is 386 g/mol. The number of halogens is 2. The summed E-state index contributed by atoms with van der Waals surface area (Å²) in [6.07, 6.45) is 1.51.